The molecule has 1 atom stereocenters. The highest BCUT2D eigenvalue weighted by Gasteiger charge is 2.14. The van der Waals surface area contributed by atoms with Crippen LogP contribution in [-0.4, -0.2) is 18.6 Å². The van der Waals surface area contributed by atoms with Gasteiger partial charge in [0.25, 0.3) is 5.91 Å². The summed E-state index contributed by atoms with van der Waals surface area (Å²) in [6.07, 6.45) is 2.50. The van der Waals surface area contributed by atoms with Crippen LogP contribution in [0.1, 0.15) is 30.6 Å². The summed E-state index contributed by atoms with van der Waals surface area (Å²) in [5.74, 6) is 0.348. The van der Waals surface area contributed by atoms with Crippen molar-refractivity contribution in [3.8, 4) is 5.75 Å². The highest BCUT2D eigenvalue weighted by atomic mass is 16.5. The van der Waals surface area contributed by atoms with Crippen LogP contribution in [0.15, 0.2) is 30.9 Å². The van der Waals surface area contributed by atoms with Gasteiger partial charge in [0.05, 0.1) is 5.56 Å². The Morgan fingerprint density at radius 2 is 2.33 bits per heavy atom. The van der Waals surface area contributed by atoms with Crippen LogP contribution in [0.5, 0.6) is 5.75 Å². The first-order valence-electron chi connectivity index (χ1n) is 6.02. The number of nitrogens with one attached hydrogen (secondary N) is 1. The lowest BCUT2D eigenvalue weighted by Gasteiger charge is -2.14. The van der Waals surface area contributed by atoms with Gasteiger partial charge in [0.15, 0.2) is 0 Å². The van der Waals surface area contributed by atoms with Crippen molar-refractivity contribution in [1.82, 2.24) is 5.32 Å². The van der Waals surface area contributed by atoms with Crippen LogP contribution < -0.4 is 15.8 Å². The molecule has 0 aromatic heterocycles. The number of carbonyl (C=O) groups is 1. The van der Waals surface area contributed by atoms with Crippen LogP contribution in [0.4, 0.5) is 5.69 Å². The van der Waals surface area contributed by atoms with Gasteiger partial charge < -0.3 is 15.8 Å². The molecule has 3 N–H and O–H groups in total. The second kappa shape index (κ2) is 6.69. The fraction of sp³-hybridized carbons (Fsp3) is 0.357. The standard InChI is InChI=1S/C14H20N2O2/c1-4-8-18-13-7-6-11(15)9-12(13)14(17)16-10(3)5-2/h4,6-7,9-10H,1,5,8,15H2,2-3H3,(H,16,17). The zero-order valence-corrected chi connectivity index (χ0v) is 10.9. The summed E-state index contributed by atoms with van der Waals surface area (Å²) in [4.78, 5) is 12.1. The van der Waals surface area contributed by atoms with Crippen LogP contribution in [-0.2, 0) is 0 Å². The third-order valence-corrected chi connectivity index (χ3v) is 2.59. The predicted octanol–water partition coefficient (Wildman–Crippen LogP) is 2.36. The minimum atomic E-state index is -0.171. The Balaban J connectivity index is 2.93. The van der Waals surface area contributed by atoms with E-state index in [4.69, 9.17) is 10.5 Å². The van der Waals surface area contributed by atoms with Crippen molar-refractivity contribution in [2.24, 2.45) is 0 Å². The number of nitrogens with two attached hydrogens (primary N) is 1. The van der Waals surface area contributed by atoms with Gasteiger partial charge in [-0.1, -0.05) is 19.6 Å². The monoisotopic (exact) mass is 248 g/mol. The normalized spacial score (nSPS) is 11.7. The molecule has 0 bridgehead atoms. The van der Waals surface area contributed by atoms with E-state index in [0.717, 1.165) is 6.42 Å². The summed E-state index contributed by atoms with van der Waals surface area (Å²) in [5, 5.41) is 2.89. The van der Waals surface area contributed by atoms with E-state index in [1.165, 1.54) is 0 Å². The summed E-state index contributed by atoms with van der Waals surface area (Å²) in [5.41, 5.74) is 6.69. The van der Waals surface area contributed by atoms with Gasteiger partial charge in [0.1, 0.15) is 12.4 Å². The average molecular weight is 248 g/mol. The highest BCUT2D eigenvalue weighted by Crippen LogP contribution is 2.21. The quantitative estimate of drug-likeness (QED) is 0.600. The fourth-order valence-electron chi connectivity index (χ4n) is 1.40. The summed E-state index contributed by atoms with van der Waals surface area (Å²) >= 11 is 0. The fourth-order valence-corrected chi connectivity index (χ4v) is 1.40. The molecule has 0 heterocycles. The maximum Gasteiger partial charge on any atom is 0.255 e. The Bertz CT molecular complexity index is 430. The second-order valence-electron chi connectivity index (χ2n) is 4.14. The van der Waals surface area contributed by atoms with Crippen molar-refractivity contribution in [3.63, 3.8) is 0 Å². The molecule has 0 spiro atoms. The number of anilines is 1. The van der Waals surface area contributed by atoms with E-state index in [2.05, 4.69) is 11.9 Å². The lowest BCUT2D eigenvalue weighted by molar-refractivity contribution is 0.0936. The maximum atomic E-state index is 12.1. The molecule has 1 amide bonds. The van der Waals surface area contributed by atoms with Crippen molar-refractivity contribution in [1.29, 1.82) is 0 Å². The summed E-state index contributed by atoms with van der Waals surface area (Å²) < 4.78 is 5.44. The molecule has 98 valence electrons. The number of amides is 1. The highest BCUT2D eigenvalue weighted by molar-refractivity contribution is 5.98. The average Bonchev–Trinajstić information content (AvgIpc) is 2.36. The van der Waals surface area contributed by atoms with E-state index >= 15 is 0 Å². The van der Waals surface area contributed by atoms with Crippen LogP contribution in [0.2, 0.25) is 0 Å². The lowest BCUT2D eigenvalue weighted by Crippen LogP contribution is -2.32. The molecule has 18 heavy (non-hydrogen) atoms. The molecule has 0 radical (unpaired) electrons. The Morgan fingerprint density at radius 1 is 1.61 bits per heavy atom. The van der Waals surface area contributed by atoms with Crippen molar-refractivity contribution >= 4 is 11.6 Å². The third kappa shape index (κ3) is 3.80. The van der Waals surface area contributed by atoms with E-state index in [9.17, 15) is 4.79 Å². The van der Waals surface area contributed by atoms with Crippen molar-refractivity contribution in [2.45, 2.75) is 26.3 Å². The predicted molar refractivity (Wildman–Crippen MR) is 73.8 cm³/mol. The Morgan fingerprint density at radius 3 is 2.94 bits per heavy atom. The number of benzene rings is 1. The number of nitrogen functional groups attached to an aromatic ring is 1. The number of hydrogen-bond donors (Lipinski definition) is 2. The van der Waals surface area contributed by atoms with Gasteiger partial charge in [-0.3, -0.25) is 4.79 Å². The molecule has 1 rings (SSSR count). The molecule has 4 nitrogen and oxygen atoms in total. The first kappa shape index (κ1) is 14.1. The van der Waals surface area contributed by atoms with Gasteiger partial charge >= 0.3 is 0 Å². The Labute approximate surface area is 108 Å². The summed E-state index contributed by atoms with van der Waals surface area (Å²) in [7, 11) is 0. The van der Waals surface area contributed by atoms with Gasteiger partial charge in [-0.15, -0.1) is 0 Å². The molecule has 0 saturated heterocycles. The minimum absolute atomic E-state index is 0.117. The van der Waals surface area contributed by atoms with Crippen LogP contribution in [0.25, 0.3) is 0 Å². The van der Waals surface area contributed by atoms with E-state index in [-0.39, 0.29) is 11.9 Å². The molecule has 0 aliphatic rings. The first-order valence-corrected chi connectivity index (χ1v) is 6.02. The van der Waals surface area contributed by atoms with Gasteiger partial charge in [-0.05, 0) is 31.5 Å². The lowest BCUT2D eigenvalue weighted by atomic mass is 10.1. The number of hydrogen-bond acceptors (Lipinski definition) is 3. The molecule has 1 aromatic carbocycles. The van der Waals surface area contributed by atoms with E-state index < -0.39 is 0 Å². The van der Waals surface area contributed by atoms with Gasteiger partial charge in [-0.2, -0.15) is 0 Å². The molecule has 0 aliphatic heterocycles. The third-order valence-electron chi connectivity index (χ3n) is 2.59. The van der Waals surface area contributed by atoms with E-state index in [0.29, 0.717) is 23.6 Å². The number of ether oxygens (including phenoxy) is 1. The molecular weight excluding hydrogens is 228 g/mol. The summed E-state index contributed by atoms with van der Waals surface area (Å²) in [6.45, 7) is 7.90. The minimum Gasteiger partial charge on any atom is -0.489 e. The van der Waals surface area contributed by atoms with Crippen LogP contribution in [0.3, 0.4) is 0 Å². The zero-order chi connectivity index (χ0) is 13.5. The summed E-state index contributed by atoms with van der Waals surface area (Å²) in [6, 6.07) is 5.14. The molecule has 0 fully saturated rings. The van der Waals surface area contributed by atoms with Gasteiger partial charge in [0, 0.05) is 11.7 Å². The first-order chi connectivity index (χ1) is 8.58. The maximum absolute atomic E-state index is 12.1. The van der Waals surface area contributed by atoms with Crippen LogP contribution >= 0.6 is 0 Å². The van der Waals surface area contributed by atoms with Crippen molar-refractivity contribution in [3.05, 3.63) is 36.4 Å². The molecule has 0 aliphatic carbocycles. The zero-order valence-electron chi connectivity index (χ0n) is 10.9. The van der Waals surface area contributed by atoms with Crippen LogP contribution in [0, 0.1) is 0 Å². The largest absolute Gasteiger partial charge is 0.489 e. The van der Waals surface area contributed by atoms with Crippen molar-refractivity contribution < 1.29 is 9.53 Å². The van der Waals surface area contributed by atoms with Crippen molar-refractivity contribution in [2.75, 3.05) is 12.3 Å². The Hall–Kier alpha value is -1.97. The van der Waals surface area contributed by atoms with E-state index in [1.54, 1.807) is 24.3 Å². The van der Waals surface area contributed by atoms with Gasteiger partial charge in [-0.25, -0.2) is 0 Å². The molecule has 4 heteroatoms. The Kier molecular flexibility index (Phi) is 5.24. The molecule has 0 saturated carbocycles. The topological polar surface area (TPSA) is 64.3 Å². The second-order valence-corrected chi connectivity index (χ2v) is 4.14. The van der Waals surface area contributed by atoms with E-state index in [1.807, 2.05) is 13.8 Å². The number of rotatable bonds is 6. The van der Waals surface area contributed by atoms with Gasteiger partial charge in [0.2, 0.25) is 0 Å². The smallest absolute Gasteiger partial charge is 0.255 e. The molecular formula is C14H20N2O2. The number of carbonyl (C=O) groups excluding carboxylic acids is 1. The SMILES string of the molecule is C=CCOc1ccc(N)cc1C(=O)NC(C)CC. The molecule has 1 aromatic rings. The molecule has 1 unspecified atom stereocenters.